The number of carbonyl (C=O) groups excluding carboxylic acids is 2. The van der Waals surface area contributed by atoms with Crippen molar-refractivity contribution in [1.82, 2.24) is 25.0 Å². The number of rotatable bonds is 7. The number of imide groups is 1. The van der Waals surface area contributed by atoms with Crippen LogP contribution in [0.25, 0.3) is 0 Å². The minimum Gasteiger partial charge on any atom is -0.376 e. The first-order chi connectivity index (χ1) is 16.2. The Hall–Kier alpha value is -1.27. The van der Waals surface area contributed by atoms with Gasteiger partial charge in [-0.1, -0.05) is 0 Å². The van der Waals surface area contributed by atoms with Gasteiger partial charge in [-0.2, -0.15) is 0 Å². The molecule has 3 aliphatic heterocycles. The van der Waals surface area contributed by atoms with Gasteiger partial charge in [0, 0.05) is 57.3 Å². The van der Waals surface area contributed by atoms with Crippen molar-refractivity contribution in [2.75, 3.05) is 39.8 Å². The molecule has 0 aromatic carbocycles. The predicted molar refractivity (Wildman–Crippen MR) is 126 cm³/mol. The highest BCUT2D eigenvalue weighted by Crippen LogP contribution is 2.40. The Balaban J connectivity index is 1.36. The summed E-state index contributed by atoms with van der Waals surface area (Å²) in [4.78, 5) is 30.5. The van der Waals surface area contributed by atoms with Gasteiger partial charge in [-0.25, -0.2) is 22.9 Å². The van der Waals surface area contributed by atoms with E-state index in [1.165, 1.54) is 4.90 Å². The van der Waals surface area contributed by atoms with Crippen LogP contribution >= 0.6 is 0 Å². The Morgan fingerprint density at radius 1 is 1.15 bits per heavy atom. The molecule has 5 atom stereocenters. The van der Waals surface area contributed by atoms with Gasteiger partial charge >= 0.3 is 6.03 Å². The van der Waals surface area contributed by atoms with Crippen molar-refractivity contribution in [3.63, 3.8) is 0 Å². The number of hydrogen-bond donors (Lipinski definition) is 2. The molecular formula is C23H39N5O5S. The molecule has 3 amide bonds. The van der Waals surface area contributed by atoms with E-state index in [9.17, 15) is 18.0 Å². The van der Waals surface area contributed by atoms with Crippen molar-refractivity contribution >= 4 is 22.0 Å². The second-order valence-corrected chi connectivity index (χ2v) is 13.3. The molecule has 2 N–H and O–H groups in total. The van der Waals surface area contributed by atoms with Crippen LogP contribution in [-0.4, -0.2) is 97.9 Å². The molecule has 192 valence electrons. The first-order valence-electron chi connectivity index (χ1n) is 12.9. The largest absolute Gasteiger partial charge is 0.376 e. The van der Waals surface area contributed by atoms with Crippen LogP contribution in [0.1, 0.15) is 58.3 Å². The van der Waals surface area contributed by atoms with E-state index in [1.807, 2.05) is 23.9 Å². The fraction of sp³-hybridized carbons (Fsp3) is 0.913. The summed E-state index contributed by atoms with van der Waals surface area (Å²) in [6.07, 6.45) is 5.96. The van der Waals surface area contributed by atoms with Gasteiger partial charge in [0.25, 0.3) is 0 Å². The number of sulfonamides is 1. The van der Waals surface area contributed by atoms with Crippen molar-refractivity contribution in [2.24, 2.45) is 11.8 Å². The highest BCUT2D eigenvalue weighted by atomic mass is 32.2. The van der Waals surface area contributed by atoms with Crippen molar-refractivity contribution < 1.29 is 22.7 Å². The second-order valence-electron chi connectivity index (χ2n) is 11.3. The predicted octanol–water partition coefficient (Wildman–Crippen LogP) is 0.895. The molecule has 0 radical (unpaired) electrons. The van der Waals surface area contributed by atoms with Crippen LogP contribution in [0.3, 0.4) is 0 Å². The van der Waals surface area contributed by atoms with E-state index in [4.69, 9.17) is 4.74 Å². The topological polar surface area (TPSA) is 111 Å². The third-order valence-electron chi connectivity index (χ3n) is 8.35. The number of ether oxygens (including phenoxy) is 1. The average molecular weight is 498 g/mol. The van der Waals surface area contributed by atoms with E-state index in [-0.39, 0.29) is 42.0 Å². The van der Waals surface area contributed by atoms with Crippen LogP contribution in [0.15, 0.2) is 0 Å². The summed E-state index contributed by atoms with van der Waals surface area (Å²) >= 11 is 0. The van der Waals surface area contributed by atoms with Crippen LogP contribution in [0.5, 0.6) is 0 Å². The van der Waals surface area contributed by atoms with E-state index in [0.717, 1.165) is 38.6 Å². The molecule has 5 rings (SSSR count). The number of hydrazine groups is 1. The Bertz CT molecular complexity index is 903. The summed E-state index contributed by atoms with van der Waals surface area (Å²) in [5.41, 5.74) is 2.91. The summed E-state index contributed by atoms with van der Waals surface area (Å²) in [7, 11) is -1.57. The third-order valence-corrected chi connectivity index (χ3v) is 10.4. The van der Waals surface area contributed by atoms with Crippen LogP contribution < -0.4 is 10.1 Å². The zero-order valence-corrected chi connectivity index (χ0v) is 21.2. The Labute approximate surface area is 202 Å². The summed E-state index contributed by atoms with van der Waals surface area (Å²) in [6, 6.07) is -0.492. The summed E-state index contributed by atoms with van der Waals surface area (Å²) in [5.74, 6) is -0.541. The van der Waals surface area contributed by atoms with Gasteiger partial charge < -0.3 is 9.64 Å². The lowest BCUT2D eigenvalue weighted by molar-refractivity contribution is -0.142. The SMILES string of the molecule is CN1CC(CN2C(=O)C3CC(S(=O)(=O)NC4(C)CC4)CCC3N(CC3CCCCO3)C2=O)CN1. The van der Waals surface area contributed by atoms with Crippen LogP contribution in [-0.2, 0) is 19.6 Å². The molecule has 5 aliphatic rings. The maximum Gasteiger partial charge on any atom is 0.327 e. The summed E-state index contributed by atoms with van der Waals surface area (Å²) in [5, 5.41) is 1.38. The average Bonchev–Trinajstić information content (AvgIpc) is 3.37. The lowest BCUT2D eigenvalue weighted by Gasteiger charge is -2.49. The molecule has 0 aromatic heterocycles. The molecule has 11 heteroatoms. The Morgan fingerprint density at radius 2 is 1.94 bits per heavy atom. The quantitative estimate of drug-likeness (QED) is 0.537. The number of hydrogen-bond acceptors (Lipinski definition) is 7. The van der Waals surface area contributed by atoms with E-state index in [2.05, 4.69) is 10.1 Å². The Kier molecular flexibility index (Phi) is 6.69. The summed E-state index contributed by atoms with van der Waals surface area (Å²) < 4.78 is 35.1. The molecule has 0 spiro atoms. The first kappa shape index (κ1) is 24.4. The highest BCUT2D eigenvalue weighted by molar-refractivity contribution is 7.90. The van der Waals surface area contributed by atoms with E-state index < -0.39 is 21.2 Å². The molecular weight excluding hydrogens is 458 g/mol. The normalized spacial score (nSPS) is 36.6. The number of nitrogens with zero attached hydrogens (tertiary/aromatic N) is 3. The fourth-order valence-corrected chi connectivity index (χ4v) is 8.04. The first-order valence-corrected chi connectivity index (χ1v) is 14.4. The van der Waals surface area contributed by atoms with Crippen LogP contribution in [0.2, 0.25) is 0 Å². The maximum absolute atomic E-state index is 13.6. The minimum atomic E-state index is -3.52. The van der Waals surface area contributed by atoms with Crippen molar-refractivity contribution in [3.05, 3.63) is 0 Å². The summed E-state index contributed by atoms with van der Waals surface area (Å²) in [6.45, 7) is 4.94. The lowest BCUT2D eigenvalue weighted by Crippen LogP contribution is -2.66. The van der Waals surface area contributed by atoms with Gasteiger partial charge in [0.05, 0.1) is 17.3 Å². The van der Waals surface area contributed by atoms with Gasteiger partial charge in [-0.3, -0.25) is 15.1 Å². The van der Waals surface area contributed by atoms with Gasteiger partial charge in [0.2, 0.25) is 15.9 Å². The van der Waals surface area contributed by atoms with Crippen LogP contribution in [0.4, 0.5) is 4.79 Å². The van der Waals surface area contributed by atoms with Crippen molar-refractivity contribution in [2.45, 2.75) is 81.2 Å². The number of amides is 3. The highest BCUT2D eigenvalue weighted by Gasteiger charge is 2.52. The number of nitrogens with one attached hydrogen (secondary N) is 2. The minimum absolute atomic E-state index is 0.0226. The molecule has 5 unspecified atom stereocenters. The monoisotopic (exact) mass is 497 g/mol. The molecule has 0 bridgehead atoms. The molecule has 34 heavy (non-hydrogen) atoms. The second kappa shape index (κ2) is 9.31. The zero-order valence-electron chi connectivity index (χ0n) is 20.4. The zero-order chi connectivity index (χ0) is 24.1. The van der Waals surface area contributed by atoms with E-state index >= 15 is 0 Å². The number of carbonyl (C=O) groups is 2. The molecule has 2 aliphatic carbocycles. The van der Waals surface area contributed by atoms with Gasteiger partial charge in [0.15, 0.2) is 0 Å². The van der Waals surface area contributed by atoms with E-state index in [0.29, 0.717) is 39.1 Å². The fourth-order valence-electron chi connectivity index (χ4n) is 6.08. The number of fused-ring (bicyclic) bond motifs is 1. The van der Waals surface area contributed by atoms with E-state index in [1.54, 1.807) is 0 Å². The standard InChI is InChI=1S/C23H39N5O5S/c1-23(8-9-23)25-34(31,32)18-6-7-20-19(11-18)21(29)28(14-16-12-24-26(2)13-16)22(30)27(20)15-17-5-3-4-10-33-17/h16-20,24-25H,3-15H2,1-2H3. The molecule has 10 nitrogen and oxygen atoms in total. The molecule has 5 fully saturated rings. The van der Waals surface area contributed by atoms with Crippen molar-refractivity contribution in [1.29, 1.82) is 0 Å². The van der Waals surface area contributed by atoms with Gasteiger partial charge in [0.1, 0.15) is 0 Å². The molecule has 3 saturated heterocycles. The van der Waals surface area contributed by atoms with Crippen LogP contribution in [0, 0.1) is 11.8 Å². The maximum atomic E-state index is 13.6. The molecule has 2 saturated carbocycles. The third kappa shape index (κ3) is 5.00. The molecule has 3 heterocycles. The van der Waals surface area contributed by atoms with Gasteiger partial charge in [-0.15, -0.1) is 0 Å². The smallest absolute Gasteiger partial charge is 0.327 e. The number of urea groups is 1. The van der Waals surface area contributed by atoms with Gasteiger partial charge in [-0.05, 0) is 58.3 Å². The lowest BCUT2D eigenvalue weighted by atomic mass is 9.80. The Morgan fingerprint density at radius 3 is 2.59 bits per heavy atom. The van der Waals surface area contributed by atoms with Crippen molar-refractivity contribution in [3.8, 4) is 0 Å². The molecule has 0 aromatic rings.